The van der Waals surface area contributed by atoms with Crippen molar-refractivity contribution in [2.45, 2.75) is 44.2 Å². The minimum Gasteiger partial charge on any atom is -0.338 e. The van der Waals surface area contributed by atoms with Crippen molar-refractivity contribution < 1.29 is 4.79 Å². The van der Waals surface area contributed by atoms with Crippen LogP contribution in [0.5, 0.6) is 0 Å². The molecular formula is C37H45N9O. The molecule has 1 aliphatic carbocycles. The molecule has 2 aliphatic heterocycles. The molecule has 4 aromatic rings. The lowest BCUT2D eigenvalue weighted by Crippen LogP contribution is -2.51. The molecule has 1 aromatic heterocycles. The number of amides is 1. The third-order valence-corrected chi connectivity index (χ3v) is 9.82. The maximum atomic E-state index is 12.8. The van der Waals surface area contributed by atoms with Gasteiger partial charge in [0.25, 0.3) is 5.91 Å². The van der Waals surface area contributed by atoms with Crippen LogP contribution < -0.4 is 20.7 Å². The first kappa shape index (κ1) is 31.1. The SMILES string of the molecule is O=C(NNc1nc(N2CCN(C3CCCCC3)CC2)nc(N2CCN(C(c3ccccc3)c3ccccc3)CC2)n1)c1ccccc1. The summed E-state index contributed by atoms with van der Waals surface area (Å²) in [5, 5.41) is 0. The van der Waals surface area contributed by atoms with E-state index in [0.29, 0.717) is 29.5 Å². The number of hydrogen-bond donors (Lipinski definition) is 2. The molecule has 2 saturated heterocycles. The Balaban J connectivity index is 1.08. The number of hydrazine groups is 1. The van der Waals surface area contributed by atoms with Crippen LogP contribution >= 0.6 is 0 Å². The highest BCUT2D eigenvalue weighted by Gasteiger charge is 2.30. The zero-order valence-corrected chi connectivity index (χ0v) is 27.0. The molecule has 0 spiro atoms. The fraction of sp³-hybridized carbons (Fsp3) is 0.405. The minimum absolute atomic E-state index is 0.180. The zero-order chi connectivity index (χ0) is 31.8. The lowest BCUT2D eigenvalue weighted by molar-refractivity contribution is 0.0962. The Labute approximate surface area is 277 Å². The highest BCUT2D eigenvalue weighted by atomic mass is 16.2. The van der Waals surface area contributed by atoms with Gasteiger partial charge < -0.3 is 9.80 Å². The fourth-order valence-corrected chi connectivity index (χ4v) is 7.27. The van der Waals surface area contributed by atoms with E-state index < -0.39 is 0 Å². The van der Waals surface area contributed by atoms with Gasteiger partial charge in [-0.25, -0.2) is 0 Å². The summed E-state index contributed by atoms with van der Waals surface area (Å²) in [5.41, 5.74) is 8.94. The van der Waals surface area contributed by atoms with E-state index in [0.717, 1.165) is 52.4 Å². The molecule has 3 fully saturated rings. The van der Waals surface area contributed by atoms with Crippen LogP contribution in [0.25, 0.3) is 0 Å². The van der Waals surface area contributed by atoms with E-state index in [2.05, 4.69) is 91.1 Å². The molecule has 1 amide bonds. The largest absolute Gasteiger partial charge is 0.338 e. The summed E-state index contributed by atoms with van der Waals surface area (Å²) in [6.07, 6.45) is 6.68. The minimum atomic E-state index is -0.239. The molecule has 3 heterocycles. The normalized spacial score (nSPS) is 18.3. The van der Waals surface area contributed by atoms with Crippen LogP contribution in [-0.4, -0.2) is 89.1 Å². The number of nitrogens with one attached hydrogen (secondary N) is 2. The Kier molecular flexibility index (Phi) is 9.86. The van der Waals surface area contributed by atoms with Gasteiger partial charge in [-0.3, -0.25) is 25.4 Å². The monoisotopic (exact) mass is 631 g/mol. The predicted octanol–water partition coefficient (Wildman–Crippen LogP) is 4.99. The molecule has 0 unspecified atom stereocenters. The van der Waals surface area contributed by atoms with Gasteiger partial charge in [-0.15, -0.1) is 0 Å². The molecule has 10 nitrogen and oxygen atoms in total. The number of anilines is 3. The number of benzene rings is 3. The molecule has 0 radical (unpaired) electrons. The highest BCUT2D eigenvalue weighted by molar-refractivity contribution is 5.94. The number of aromatic nitrogens is 3. The van der Waals surface area contributed by atoms with E-state index in [1.807, 2.05) is 18.2 Å². The van der Waals surface area contributed by atoms with Crippen molar-refractivity contribution in [1.29, 1.82) is 0 Å². The van der Waals surface area contributed by atoms with Gasteiger partial charge in [-0.2, -0.15) is 15.0 Å². The third-order valence-electron chi connectivity index (χ3n) is 9.82. The average molecular weight is 632 g/mol. The molecule has 0 bridgehead atoms. The molecule has 0 atom stereocenters. The second-order valence-electron chi connectivity index (χ2n) is 12.8. The predicted molar refractivity (Wildman–Crippen MR) is 187 cm³/mol. The molecule has 10 heteroatoms. The smallest absolute Gasteiger partial charge is 0.269 e. The molecule has 7 rings (SSSR count). The summed E-state index contributed by atoms with van der Waals surface area (Å²) in [4.78, 5) is 37.2. The van der Waals surface area contributed by atoms with Crippen molar-refractivity contribution in [2.75, 3.05) is 67.6 Å². The van der Waals surface area contributed by atoms with Gasteiger partial charge in [0.15, 0.2) is 0 Å². The van der Waals surface area contributed by atoms with E-state index in [1.165, 1.54) is 43.2 Å². The average Bonchev–Trinajstić information content (AvgIpc) is 3.16. The lowest BCUT2D eigenvalue weighted by Gasteiger charge is -2.41. The van der Waals surface area contributed by atoms with Gasteiger partial charge in [-0.05, 0) is 36.1 Å². The summed E-state index contributed by atoms with van der Waals surface area (Å²) < 4.78 is 0. The van der Waals surface area contributed by atoms with E-state index in [-0.39, 0.29) is 11.9 Å². The Bertz CT molecular complexity index is 1530. The van der Waals surface area contributed by atoms with Gasteiger partial charge >= 0.3 is 0 Å². The molecular weight excluding hydrogens is 586 g/mol. The van der Waals surface area contributed by atoms with Gasteiger partial charge in [0, 0.05) is 64.0 Å². The Hall–Kier alpha value is -4.54. The van der Waals surface area contributed by atoms with Crippen molar-refractivity contribution in [3.8, 4) is 0 Å². The maximum Gasteiger partial charge on any atom is 0.269 e. The summed E-state index contributed by atoms with van der Waals surface area (Å²) in [6.45, 7) is 7.07. The molecule has 244 valence electrons. The first-order valence-corrected chi connectivity index (χ1v) is 17.2. The Morgan fingerprint density at radius 2 is 1.13 bits per heavy atom. The number of hydrogen-bond acceptors (Lipinski definition) is 9. The molecule has 3 aromatic carbocycles. The maximum absolute atomic E-state index is 12.8. The van der Waals surface area contributed by atoms with E-state index in [4.69, 9.17) is 15.0 Å². The lowest BCUT2D eigenvalue weighted by atomic mass is 9.94. The fourth-order valence-electron chi connectivity index (χ4n) is 7.27. The summed E-state index contributed by atoms with van der Waals surface area (Å²) in [6, 6.07) is 31.5. The van der Waals surface area contributed by atoms with Crippen molar-refractivity contribution in [3.05, 3.63) is 108 Å². The van der Waals surface area contributed by atoms with Crippen molar-refractivity contribution in [2.24, 2.45) is 0 Å². The van der Waals surface area contributed by atoms with E-state index in [1.54, 1.807) is 12.1 Å². The van der Waals surface area contributed by atoms with Crippen molar-refractivity contribution in [3.63, 3.8) is 0 Å². The first-order chi connectivity index (χ1) is 23.2. The summed E-state index contributed by atoms with van der Waals surface area (Å²) in [5.74, 6) is 1.40. The quantitative estimate of drug-likeness (QED) is 0.248. The molecule has 2 N–H and O–H groups in total. The van der Waals surface area contributed by atoms with Crippen molar-refractivity contribution >= 4 is 23.8 Å². The molecule has 3 aliphatic rings. The van der Waals surface area contributed by atoms with Crippen molar-refractivity contribution in [1.82, 2.24) is 30.2 Å². The molecule has 1 saturated carbocycles. The Morgan fingerprint density at radius 1 is 0.617 bits per heavy atom. The highest BCUT2D eigenvalue weighted by Crippen LogP contribution is 2.30. The van der Waals surface area contributed by atoms with Crippen LogP contribution in [-0.2, 0) is 0 Å². The van der Waals surface area contributed by atoms with Crippen LogP contribution in [0.1, 0.15) is 59.6 Å². The third kappa shape index (κ3) is 7.55. The molecule has 47 heavy (non-hydrogen) atoms. The number of nitrogens with zero attached hydrogens (tertiary/aromatic N) is 7. The topological polar surface area (TPSA) is 92.8 Å². The second kappa shape index (κ2) is 14.9. The van der Waals surface area contributed by atoms with Crippen LogP contribution in [0.4, 0.5) is 17.8 Å². The van der Waals surface area contributed by atoms with Gasteiger partial charge in [0.05, 0.1) is 6.04 Å². The number of carbonyl (C=O) groups is 1. The van der Waals surface area contributed by atoms with Gasteiger partial charge in [-0.1, -0.05) is 98.1 Å². The number of rotatable bonds is 9. The van der Waals surface area contributed by atoms with Crippen LogP contribution in [0, 0.1) is 0 Å². The summed E-state index contributed by atoms with van der Waals surface area (Å²) >= 11 is 0. The summed E-state index contributed by atoms with van der Waals surface area (Å²) in [7, 11) is 0. The van der Waals surface area contributed by atoms with Crippen LogP contribution in [0.15, 0.2) is 91.0 Å². The zero-order valence-electron chi connectivity index (χ0n) is 27.0. The van der Waals surface area contributed by atoms with E-state index >= 15 is 0 Å². The first-order valence-electron chi connectivity index (χ1n) is 17.2. The number of piperazine rings is 2. The standard InChI is InChI=1S/C37H45N9O/c47-34(31-17-9-3-10-18-31)41-42-35-38-36(45-25-21-43(22-26-45)32-19-11-4-12-20-32)40-37(39-35)46-27-23-44(24-28-46)33(29-13-5-1-6-14-29)30-15-7-2-8-16-30/h1-3,5-10,13-18,32-33H,4,11-12,19-28H2,(H,41,47)(H,38,39,40,42). The van der Waals surface area contributed by atoms with Crippen LogP contribution in [0.2, 0.25) is 0 Å². The van der Waals surface area contributed by atoms with E-state index in [9.17, 15) is 4.79 Å². The second-order valence-corrected chi connectivity index (χ2v) is 12.8. The number of carbonyl (C=O) groups excluding carboxylic acids is 1. The van der Waals surface area contributed by atoms with Gasteiger partial charge in [0.1, 0.15) is 0 Å². The Morgan fingerprint density at radius 3 is 1.68 bits per heavy atom. The van der Waals surface area contributed by atoms with Crippen LogP contribution in [0.3, 0.4) is 0 Å². The van der Waals surface area contributed by atoms with Gasteiger partial charge in [0.2, 0.25) is 17.8 Å².